The summed E-state index contributed by atoms with van der Waals surface area (Å²) in [5.41, 5.74) is 4.79. The Balaban J connectivity index is 1.83. The number of hydrogen-bond donors (Lipinski definition) is 2. The zero-order valence-corrected chi connectivity index (χ0v) is 15.8. The van der Waals surface area contributed by atoms with Crippen LogP contribution in [-0.2, 0) is 13.0 Å². The lowest BCUT2D eigenvalue weighted by molar-refractivity contribution is 0.127. The molecule has 2 aromatic rings. The number of hydrogen-bond acceptors (Lipinski definition) is 4. The van der Waals surface area contributed by atoms with Crippen molar-refractivity contribution in [3.8, 4) is 17.2 Å². The fourth-order valence-electron chi connectivity index (χ4n) is 3.61. The molecular weight excluding hydrogens is 328 g/mol. The van der Waals surface area contributed by atoms with Gasteiger partial charge in [-0.1, -0.05) is 6.08 Å². The lowest BCUT2D eigenvalue weighted by Crippen LogP contribution is -2.32. The van der Waals surface area contributed by atoms with Gasteiger partial charge in [-0.3, -0.25) is 0 Å². The maximum absolute atomic E-state index is 9.71. The van der Waals surface area contributed by atoms with Crippen molar-refractivity contribution in [3.05, 3.63) is 58.2 Å². The maximum Gasteiger partial charge on any atom is 0.128 e. The first-order chi connectivity index (χ1) is 12.4. The van der Waals surface area contributed by atoms with Gasteiger partial charge < -0.3 is 19.7 Å². The summed E-state index contributed by atoms with van der Waals surface area (Å²) in [6, 6.07) is 7.15. The molecule has 0 saturated heterocycles. The molecule has 0 aliphatic carbocycles. The fourth-order valence-corrected chi connectivity index (χ4v) is 3.61. The zero-order valence-electron chi connectivity index (χ0n) is 15.8. The van der Waals surface area contributed by atoms with Gasteiger partial charge in [-0.25, -0.2) is 0 Å². The van der Waals surface area contributed by atoms with E-state index in [0.717, 1.165) is 46.6 Å². The molecule has 0 unspecified atom stereocenters. The van der Waals surface area contributed by atoms with Crippen LogP contribution >= 0.6 is 0 Å². The molecule has 1 aliphatic heterocycles. The van der Waals surface area contributed by atoms with Crippen LogP contribution in [0.2, 0.25) is 0 Å². The molecule has 1 aliphatic rings. The van der Waals surface area contributed by atoms with Crippen molar-refractivity contribution in [2.75, 3.05) is 7.11 Å². The van der Waals surface area contributed by atoms with Crippen LogP contribution in [0, 0.1) is 13.8 Å². The quantitative estimate of drug-likeness (QED) is 0.840. The van der Waals surface area contributed by atoms with E-state index in [2.05, 4.69) is 19.9 Å². The Bertz CT molecular complexity index is 854. The average Bonchev–Trinajstić information content (AvgIpc) is 2.61. The molecule has 0 fully saturated rings. The molecule has 0 aromatic heterocycles. The molecule has 1 heterocycles. The summed E-state index contributed by atoms with van der Waals surface area (Å²) in [4.78, 5) is 0. The van der Waals surface area contributed by atoms with Crippen LogP contribution in [0.25, 0.3) is 6.08 Å². The summed E-state index contributed by atoms with van der Waals surface area (Å²) >= 11 is 0. The zero-order chi connectivity index (χ0) is 18.9. The highest BCUT2D eigenvalue weighted by molar-refractivity contribution is 5.62. The number of phenols is 1. The maximum atomic E-state index is 9.71. The molecule has 3 rings (SSSR count). The first-order valence-electron chi connectivity index (χ1n) is 8.85. The summed E-state index contributed by atoms with van der Waals surface area (Å²) in [5, 5.41) is 19.3. The minimum atomic E-state index is -0.415. The van der Waals surface area contributed by atoms with E-state index in [1.54, 1.807) is 25.3 Å². The normalized spacial score (nSPS) is 18.3. The minimum Gasteiger partial charge on any atom is -0.508 e. The van der Waals surface area contributed by atoms with Gasteiger partial charge in [0.25, 0.3) is 0 Å². The van der Waals surface area contributed by atoms with Gasteiger partial charge in [0.15, 0.2) is 0 Å². The number of aromatic hydroxyl groups is 1. The third-order valence-electron chi connectivity index (χ3n) is 5.23. The molecule has 2 N–H and O–H groups in total. The van der Waals surface area contributed by atoms with E-state index in [4.69, 9.17) is 9.47 Å². The number of rotatable bonds is 5. The fraction of sp³-hybridized carbons (Fsp3) is 0.364. The average molecular weight is 354 g/mol. The molecule has 0 amide bonds. The van der Waals surface area contributed by atoms with Gasteiger partial charge in [-0.05, 0) is 80.6 Å². The van der Waals surface area contributed by atoms with E-state index in [9.17, 15) is 10.2 Å². The van der Waals surface area contributed by atoms with Crippen LogP contribution in [0.5, 0.6) is 17.2 Å². The Morgan fingerprint density at radius 3 is 2.62 bits per heavy atom. The molecule has 138 valence electrons. The molecule has 26 heavy (non-hydrogen) atoms. The third-order valence-corrected chi connectivity index (χ3v) is 5.23. The number of aliphatic hydroxyl groups excluding tert-OH is 1. The van der Waals surface area contributed by atoms with Gasteiger partial charge in [0.2, 0.25) is 0 Å². The number of aliphatic hydroxyl groups is 1. The van der Waals surface area contributed by atoms with Crippen molar-refractivity contribution in [1.82, 2.24) is 0 Å². The highest BCUT2D eigenvalue weighted by Gasteiger charge is 2.28. The van der Waals surface area contributed by atoms with Gasteiger partial charge >= 0.3 is 0 Å². The Kier molecular flexibility index (Phi) is 4.97. The smallest absolute Gasteiger partial charge is 0.128 e. The molecular formula is C22H26O4. The van der Waals surface area contributed by atoms with Crippen molar-refractivity contribution in [1.29, 1.82) is 0 Å². The first kappa shape index (κ1) is 18.3. The van der Waals surface area contributed by atoms with E-state index in [1.165, 1.54) is 5.56 Å². The Morgan fingerprint density at radius 2 is 1.92 bits per heavy atom. The number of methoxy groups -OCH3 is 1. The summed E-state index contributed by atoms with van der Waals surface area (Å²) in [5.74, 6) is 1.76. The van der Waals surface area contributed by atoms with Crippen molar-refractivity contribution in [2.45, 2.75) is 45.8 Å². The van der Waals surface area contributed by atoms with Crippen molar-refractivity contribution in [3.63, 3.8) is 0 Å². The SMILES string of the molecule is COc1cc(C)c(CC[C@]2(C)C=Cc3cc(O)ccc3O2)c(C)c1CO. The minimum absolute atomic E-state index is 0.0349. The van der Waals surface area contributed by atoms with Crippen molar-refractivity contribution >= 4 is 6.08 Å². The van der Waals surface area contributed by atoms with Crippen LogP contribution in [0.15, 0.2) is 30.3 Å². The van der Waals surface area contributed by atoms with Crippen LogP contribution in [0.4, 0.5) is 0 Å². The molecule has 0 spiro atoms. The van der Waals surface area contributed by atoms with Crippen LogP contribution < -0.4 is 9.47 Å². The second-order valence-corrected chi connectivity index (χ2v) is 7.11. The van der Waals surface area contributed by atoms with Crippen LogP contribution in [0.3, 0.4) is 0 Å². The summed E-state index contributed by atoms with van der Waals surface area (Å²) in [7, 11) is 1.63. The van der Waals surface area contributed by atoms with E-state index in [0.29, 0.717) is 0 Å². The van der Waals surface area contributed by atoms with Crippen LogP contribution in [-0.4, -0.2) is 22.9 Å². The lowest BCUT2D eigenvalue weighted by atomic mass is 9.88. The van der Waals surface area contributed by atoms with Crippen LogP contribution in [0.1, 0.15) is 41.2 Å². The number of phenolic OH excluding ortho intramolecular Hbond substituents is 1. The summed E-state index contributed by atoms with van der Waals surface area (Å²) < 4.78 is 11.6. The van der Waals surface area contributed by atoms with E-state index in [-0.39, 0.29) is 12.4 Å². The van der Waals surface area contributed by atoms with Gasteiger partial charge in [0, 0.05) is 11.1 Å². The predicted octanol–water partition coefficient (Wildman–Crippen LogP) is 4.31. The van der Waals surface area contributed by atoms with E-state index in [1.807, 2.05) is 19.1 Å². The Labute approximate surface area is 154 Å². The summed E-state index contributed by atoms with van der Waals surface area (Å²) in [6.07, 6.45) is 5.70. The topological polar surface area (TPSA) is 58.9 Å². The molecule has 4 nitrogen and oxygen atoms in total. The van der Waals surface area contributed by atoms with E-state index < -0.39 is 5.60 Å². The van der Waals surface area contributed by atoms with Gasteiger partial charge in [-0.15, -0.1) is 0 Å². The second kappa shape index (κ2) is 7.04. The second-order valence-electron chi connectivity index (χ2n) is 7.11. The summed E-state index contributed by atoms with van der Waals surface area (Å²) in [6.45, 7) is 6.14. The van der Waals surface area contributed by atoms with E-state index >= 15 is 0 Å². The van der Waals surface area contributed by atoms with Gasteiger partial charge in [0.1, 0.15) is 22.8 Å². The molecule has 0 saturated carbocycles. The molecule has 0 radical (unpaired) electrons. The number of benzene rings is 2. The third kappa shape index (κ3) is 3.42. The monoisotopic (exact) mass is 354 g/mol. The number of ether oxygens (including phenoxy) is 2. The van der Waals surface area contributed by atoms with Gasteiger partial charge in [-0.2, -0.15) is 0 Å². The van der Waals surface area contributed by atoms with Crippen molar-refractivity contribution in [2.24, 2.45) is 0 Å². The Hall–Kier alpha value is -2.46. The standard InChI is InChI=1S/C22H26O4/c1-14-11-21(25-4)19(13-23)15(2)18(14)8-10-22(3)9-7-16-12-17(24)5-6-20(16)26-22/h5-7,9,11-12,23-24H,8,10,13H2,1-4H3/t22-/m0/s1. The highest BCUT2D eigenvalue weighted by atomic mass is 16.5. The molecule has 2 aromatic carbocycles. The molecule has 1 atom stereocenters. The lowest BCUT2D eigenvalue weighted by Gasteiger charge is -2.32. The highest BCUT2D eigenvalue weighted by Crippen LogP contribution is 2.36. The van der Waals surface area contributed by atoms with Crippen molar-refractivity contribution < 1.29 is 19.7 Å². The predicted molar refractivity (Wildman–Crippen MR) is 103 cm³/mol. The molecule has 0 bridgehead atoms. The Morgan fingerprint density at radius 1 is 1.15 bits per heavy atom. The largest absolute Gasteiger partial charge is 0.508 e. The van der Waals surface area contributed by atoms with Gasteiger partial charge in [0.05, 0.1) is 13.7 Å². The first-order valence-corrected chi connectivity index (χ1v) is 8.85. The molecule has 4 heteroatoms. The number of fused-ring (bicyclic) bond motifs is 1. The number of aryl methyl sites for hydroxylation is 1.